The standard InChI is InChI=1S/C20H25F3N2O3/c1-19(2,27)11-13-5-7-25(8-6-13)18(26)17-10-14-9-15(3-4-16(14)24-17)28-12-20(21,22)23/h3-4,9-10,13,24,27H,5-8,11-12H2,1-2H3. The summed E-state index contributed by atoms with van der Waals surface area (Å²) in [6.07, 6.45) is -2.01. The minimum Gasteiger partial charge on any atom is -0.484 e. The highest BCUT2D eigenvalue weighted by atomic mass is 19.4. The van der Waals surface area contributed by atoms with Gasteiger partial charge in [-0.15, -0.1) is 0 Å². The van der Waals surface area contributed by atoms with E-state index in [2.05, 4.69) is 4.98 Å². The summed E-state index contributed by atoms with van der Waals surface area (Å²) in [4.78, 5) is 17.6. The number of halogens is 3. The first-order valence-electron chi connectivity index (χ1n) is 9.34. The molecular formula is C20H25F3N2O3. The summed E-state index contributed by atoms with van der Waals surface area (Å²) in [6, 6.07) is 6.18. The van der Waals surface area contributed by atoms with Crippen molar-refractivity contribution in [3.05, 3.63) is 30.0 Å². The molecule has 5 nitrogen and oxygen atoms in total. The molecule has 3 rings (SSSR count). The first kappa shape index (κ1) is 20.5. The van der Waals surface area contributed by atoms with Crippen LogP contribution in [0, 0.1) is 5.92 Å². The van der Waals surface area contributed by atoms with Crippen LogP contribution in [0.25, 0.3) is 10.9 Å². The number of nitrogens with one attached hydrogen (secondary N) is 1. The third-order valence-corrected chi connectivity index (χ3v) is 4.92. The SMILES string of the molecule is CC(C)(O)CC1CCN(C(=O)c2cc3cc(OCC(F)(F)F)ccc3[nH]2)CC1. The molecule has 1 saturated heterocycles. The van der Waals surface area contributed by atoms with Gasteiger partial charge in [0.05, 0.1) is 5.60 Å². The summed E-state index contributed by atoms with van der Waals surface area (Å²) < 4.78 is 41.6. The molecule has 0 saturated carbocycles. The molecule has 1 aliphatic heterocycles. The number of alkyl halides is 3. The minimum atomic E-state index is -4.40. The number of aliphatic hydroxyl groups is 1. The third-order valence-electron chi connectivity index (χ3n) is 4.92. The number of hydrogen-bond acceptors (Lipinski definition) is 3. The van der Waals surface area contributed by atoms with Gasteiger partial charge >= 0.3 is 6.18 Å². The van der Waals surface area contributed by atoms with Crippen LogP contribution in [0.15, 0.2) is 24.3 Å². The van der Waals surface area contributed by atoms with Crippen LogP contribution in [-0.4, -0.2) is 52.4 Å². The molecule has 0 radical (unpaired) electrons. The Bertz CT molecular complexity index is 831. The molecule has 154 valence electrons. The second-order valence-electron chi connectivity index (χ2n) is 8.09. The van der Waals surface area contributed by atoms with Gasteiger partial charge in [-0.2, -0.15) is 13.2 Å². The fourth-order valence-electron chi connectivity index (χ4n) is 3.70. The van der Waals surface area contributed by atoms with Crippen molar-refractivity contribution in [3.8, 4) is 5.75 Å². The second-order valence-corrected chi connectivity index (χ2v) is 8.09. The number of rotatable bonds is 5. The monoisotopic (exact) mass is 398 g/mol. The summed E-state index contributed by atoms with van der Waals surface area (Å²) in [7, 11) is 0. The van der Waals surface area contributed by atoms with E-state index in [-0.39, 0.29) is 11.7 Å². The maximum absolute atomic E-state index is 12.8. The molecule has 2 N–H and O–H groups in total. The van der Waals surface area contributed by atoms with Crippen molar-refractivity contribution in [1.82, 2.24) is 9.88 Å². The number of benzene rings is 1. The van der Waals surface area contributed by atoms with Crippen LogP contribution in [0.3, 0.4) is 0 Å². The average Bonchev–Trinajstić information content (AvgIpc) is 3.01. The van der Waals surface area contributed by atoms with Crippen molar-refractivity contribution in [1.29, 1.82) is 0 Å². The van der Waals surface area contributed by atoms with Crippen LogP contribution in [0.5, 0.6) is 5.75 Å². The summed E-state index contributed by atoms with van der Waals surface area (Å²) in [5.74, 6) is 0.367. The first-order valence-corrected chi connectivity index (χ1v) is 9.34. The van der Waals surface area contributed by atoms with Crippen molar-refractivity contribution in [2.24, 2.45) is 5.92 Å². The third kappa shape index (κ3) is 5.41. The van der Waals surface area contributed by atoms with Gasteiger partial charge in [0.2, 0.25) is 0 Å². The fourth-order valence-corrected chi connectivity index (χ4v) is 3.70. The van der Waals surface area contributed by atoms with Crippen molar-refractivity contribution < 1.29 is 27.8 Å². The van der Waals surface area contributed by atoms with Crippen LogP contribution in [0.1, 0.15) is 43.6 Å². The predicted octanol–water partition coefficient (Wildman–Crippen LogP) is 4.12. The van der Waals surface area contributed by atoms with Crippen LogP contribution in [0.2, 0.25) is 0 Å². The Morgan fingerprint density at radius 3 is 2.54 bits per heavy atom. The number of hydrogen-bond donors (Lipinski definition) is 2. The molecular weight excluding hydrogens is 373 g/mol. The summed E-state index contributed by atoms with van der Waals surface area (Å²) >= 11 is 0. The van der Waals surface area contributed by atoms with Gasteiger partial charge in [0.15, 0.2) is 6.61 Å². The molecule has 0 aliphatic carbocycles. The number of aromatic amines is 1. The number of carbonyl (C=O) groups is 1. The molecule has 2 heterocycles. The number of H-pyrrole nitrogens is 1. The number of aromatic nitrogens is 1. The van der Waals surface area contributed by atoms with E-state index in [0.717, 1.165) is 12.8 Å². The molecule has 28 heavy (non-hydrogen) atoms. The van der Waals surface area contributed by atoms with Gasteiger partial charge in [0.25, 0.3) is 5.91 Å². The zero-order valence-electron chi connectivity index (χ0n) is 16.0. The Hall–Kier alpha value is -2.22. The van der Waals surface area contributed by atoms with E-state index < -0.39 is 18.4 Å². The van der Waals surface area contributed by atoms with Crippen molar-refractivity contribution in [2.45, 2.75) is 44.9 Å². The van der Waals surface area contributed by atoms with Crippen molar-refractivity contribution in [2.75, 3.05) is 19.7 Å². The normalized spacial score (nSPS) is 16.6. The molecule has 2 aromatic rings. The van der Waals surface area contributed by atoms with Gasteiger partial charge in [-0.25, -0.2) is 0 Å². The number of ether oxygens (including phenoxy) is 1. The van der Waals surface area contributed by atoms with Gasteiger partial charge in [-0.3, -0.25) is 4.79 Å². The molecule has 0 spiro atoms. The highest BCUT2D eigenvalue weighted by molar-refractivity contribution is 5.98. The lowest BCUT2D eigenvalue weighted by molar-refractivity contribution is -0.153. The highest BCUT2D eigenvalue weighted by Gasteiger charge is 2.29. The van der Waals surface area contributed by atoms with Gasteiger partial charge < -0.3 is 19.7 Å². The lowest BCUT2D eigenvalue weighted by Crippen LogP contribution is -2.40. The second kappa shape index (κ2) is 7.66. The topological polar surface area (TPSA) is 65.6 Å². The van der Waals surface area contributed by atoms with E-state index in [1.807, 2.05) is 0 Å². The molecule has 1 aliphatic rings. The van der Waals surface area contributed by atoms with E-state index in [9.17, 15) is 23.1 Å². The van der Waals surface area contributed by atoms with Gasteiger partial charge in [0.1, 0.15) is 11.4 Å². The number of carbonyl (C=O) groups excluding carboxylic acids is 1. The van der Waals surface area contributed by atoms with E-state index in [4.69, 9.17) is 4.74 Å². The summed E-state index contributed by atoms with van der Waals surface area (Å²) in [5, 5.41) is 10.6. The lowest BCUT2D eigenvalue weighted by Gasteiger charge is -2.34. The molecule has 1 amide bonds. The molecule has 1 fully saturated rings. The number of amides is 1. The van der Waals surface area contributed by atoms with E-state index in [1.54, 1.807) is 30.9 Å². The average molecular weight is 398 g/mol. The Labute approximate surface area is 161 Å². The minimum absolute atomic E-state index is 0.107. The summed E-state index contributed by atoms with van der Waals surface area (Å²) in [5.41, 5.74) is 0.364. The maximum Gasteiger partial charge on any atom is 0.422 e. The van der Waals surface area contributed by atoms with Gasteiger partial charge in [0, 0.05) is 24.0 Å². The Morgan fingerprint density at radius 2 is 1.93 bits per heavy atom. The van der Waals surface area contributed by atoms with Crippen LogP contribution < -0.4 is 4.74 Å². The number of fused-ring (bicyclic) bond motifs is 1. The van der Waals surface area contributed by atoms with Crippen molar-refractivity contribution >= 4 is 16.8 Å². The molecule has 1 aromatic carbocycles. The molecule has 8 heteroatoms. The molecule has 1 aromatic heterocycles. The van der Waals surface area contributed by atoms with E-state index in [0.29, 0.717) is 42.0 Å². The maximum atomic E-state index is 12.8. The molecule has 0 unspecified atom stereocenters. The fraction of sp³-hybridized carbons (Fsp3) is 0.550. The Balaban J connectivity index is 1.64. The quantitative estimate of drug-likeness (QED) is 0.796. The van der Waals surface area contributed by atoms with Gasteiger partial charge in [-0.05, 0) is 63.3 Å². The smallest absolute Gasteiger partial charge is 0.422 e. The number of nitrogens with zero attached hydrogens (tertiary/aromatic N) is 1. The summed E-state index contributed by atoms with van der Waals surface area (Å²) in [6.45, 7) is 3.47. The Kier molecular flexibility index (Phi) is 5.61. The van der Waals surface area contributed by atoms with Crippen LogP contribution in [0.4, 0.5) is 13.2 Å². The van der Waals surface area contributed by atoms with Crippen molar-refractivity contribution in [3.63, 3.8) is 0 Å². The largest absolute Gasteiger partial charge is 0.484 e. The first-order chi connectivity index (χ1) is 13.0. The Morgan fingerprint density at radius 1 is 1.25 bits per heavy atom. The number of likely N-dealkylation sites (tertiary alicyclic amines) is 1. The zero-order valence-corrected chi connectivity index (χ0v) is 16.0. The lowest BCUT2D eigenvalue weighted by atomic mass is 9.86. The molecule has 0 atom stereocenters. The highest BCUT2D eigenvalue weighted by Crippen LogP contribution is 2.28. The zero-order chi connectivity index (χ0) is 20.5. The van der Waals surface area contributed by atoms with E-state index in [1.165, 1.54) is 12.1 Å². The molecule has 0 bridgehead atoms. The predicted molar refractivity (Wildman–Crippen MR) is 99.4 cm³/mol. The number of piperidine rings is 1. The van der Waals surface area contributed by atoms with Crippen LogP contribution >= 0.6 is 0 Å². The van der Waals surface area contributed by atoms with Gasteiger partial charge in [-0.1, -0.05) is 0 Å². The van der Waals surface area contributed by atoms with E-state index >= 15 is 0 Å². The van der Waals surface area contributed by atoms with Crippen LogP contribution in [-0.2, 0) is 0 Å².